The molecule has 164 valence electrons. The van der Waals surface area contributed by atoms with E-state index in [-0.39, 0.29) is 23.5 Å². The third kappa shape index (κ3) is 3.72. The van der Waals surface area contributed by atoms with E-state index in [0.29, 0.717) is 23.9 Å². The summed E-state index contributed by atoms with van der Waals surface area (Å²) in [4.78, 5) is 29.9. The van der Waals surface area contributed by atoms with Crippen LogP contribution in [0.25, 0.3) is 11.4 Å². The number of alkyl halides is 3. The second-order valence-electron chi connectivity index (χ2n) is 7.74. The molecule has 3 aromatic rings. The molecule has 1 saturated heterocycles. The zero-order chi connectivity index (χ0) is 22.3. The first-order valence-corrected chi connectivity index (χ1v) is 10.2. The molecule has 1 atom stereocenters. The van der Waals surface area contributed by atoms with Gasteiger partial charge in [-0.15, -0.1) is 0 Å². The first-order valence-electron chi connectivity index (χ1n) is 10.2. The van der Waals surface area contributed by atoms with Crippen LogP contribution in [-0.2, 0) is 6.18 Å². The first kappa shape index (κ1) is 20.2. The van der Waals surface area contributed by atoms with Crippen LogP contribution in [0.4, 0.5) is 35.3 Å². The summed E-state index contributed by atoms with van der Waals surface area (Å²) in [6.07, 6.45) is 0.402. The first-order chi connectivity index (χ1) is 15.4. The fourth-order valence-corrected chi connectivity index (χ4v) is 4.17. The molecule has 2 aromatic heterocycles. The van der Waals surface area contributed by atoms with Crippen molar-refractivity contribution in [1.29, 1.82) is 0 Å². The Balaban J connectivity index is 1.55. The Morgan fingerprint density at radius 1 is 1.12 bits per heavy atom. The van der Waals surface area contributed by atoms with Crippen molar-refractivity contribution in [3.63, 3.8) is 0 Å². The van der Waals surface area contributed by atoms with Gasteiger partial charge in [-0.25, -0.2) is 19.7 Å². The molecule has 0 saturated carbocycles. The zero-order valence-corrected chi connectivity index (χ0v) is 16.9. The second-order valence-corrected chi connectivity index (χ2v) is 7.74. The van der Waals surface area contributed by atoms with Crippen molar-refractivity contribution in [1.82, 2.24) is 15.0 Å². The molecule has 1 fully saturated rings. The van der Waals surface area contributed by atoms with Crippen molar-refractivity contribution in [2.24, 2.45) is 0 Å². The van der Waals surface area contributed by atoms with Gasteiger partial charge in [0.2, 0.25) is 0 Å². The number of anilines is 3. The van der Waals surface area contributed by atoms with Gasteiger partial charge in [0.15, 0.2) is 11.6 Å². The molecule has 32 heavy (non-hydrogen) atoms. The van der Waals surface area contributed by atoms with Crippen LogP contribution < -0.4 is 15.1 Å². The van der Waals surface area contributed by atoms with E-state index in [2.05, 4.69) is 25.2 Å². The largest absolute Gasteiger partial charge is 0.416 e. The van der Waals surface area contributed by atoms with Crippen molar-refractivity contribution < 1.29 is 18.0 Å². The van der Waals surface area contributed by atoms with Gasteiger partial charge in [0.05, 0.1) is 23.5 Å². The molecular weight excluding hydrogens is 421 g/mol. The summed E-state index contributed by atoms with van der Waals surface area (Å²) in [6.45, 7) is 1.46. The SMILES string of the molecule is O=C(Nc1ccccn1)N1c2nc(-c3cccc(C(F)(F)F)c3)ncc2N2CCC[C@H]1C2. The Morgan fingerprint density at radius 2 is 2.00 bits per heavy atom. The van der Waals surface area contributed by atoms with Gasteiger partial charge in [-0.3, -0.25) is 10.2 Å². The topological polar surface area (TPSA) is 74.2 Å². The molecule has 0 unspecified atom stereocenters. The number of amides is 2. The summed E-state index contributed by atoms with van der Waals surface area (Å²) in [5.41, 5.74) is 0.146. The highest BCUT2D eigenvalue weighted by molar-refractivity contribution is 6.04. The number of halogens is 3. The number of fused-ring (bicyclic) bond motifs is 4. The molecule has 1 aromatic carbocycles. The molecule has 0 spiro atoms. The molecule has 4 heterocycles. The van der Waals surface area contributed by atoms with Crippen LogP contribution in [0.3, 0.4) is 0 Å². The number of nitrogens with one attached hydrogen (secondary N) is 1. The lowest BCUT2D eigenvalue weighted by atomic mass is 10.0. The number of hydrogen-bond donors (Lipinski definition) is 1. The number of hydrogen-bond acceptors (Lipinski definition) is 5. The number of piperidine rings is 1. The van der Waals surface area contributed by atoms with Crippen molar-refractivity contribution >= 4 is 23.4 Å². The summed E-state index contributed by atoms with van der Waals surface area (Å²) in [5.74, 6) is 0.924. The van der Waals surface area contributed by atoms with Gasteiger partial charge in [0, 0.05) is 24.8 Å². The van der Waals surface area contributed by atoms with Gasteiger partial charge in [-0.05, 0) is 37.1 Å². The molecule has 2 bridgehead atoms. The van der Waals surface area contributed by atoms with E-state index in [1.807, 2.05) is 0 Å². The predicted octanol–water partition coefficient (Wildman–Crippen LogP) is 4.58. The van der Waals surface area contributed by atoms with Gasteiger partial charge < -0.3 is 4.90 Å². The smallest absolute Gasteiger partial charge is 0.365 e. The number of carbonyl (C=O) groups is 1. The summed E-state index contributed by atoms with van der Waals surface area (Å²) < 4.78 is 39.5. The lowest BCUT2D eigenvalue weighted by Gasteiger charge is -2.45. The van der Waals surface area contributed by atoms with E-state index in [1.54, 1.807) is 35.5 Å². The summed E-state index contributed by atoms with van der Waals surface area (Å²) in [7, 11) is 0. The maximum atomic E-state index is 13.2. The minimum Gasteiger partial charge on any atom is -0.365 e. The zero-order valence-electron chi connectivity index (χ0n) is 16.9. The highest BCUT2D eigenvalue weighted by Crippen LogP contribution is 2.39. The van der Waals surface area contributed by atoms with E-state index in [1.165, 1.54) is 12.1 Å². The van der Waals surface area contributed by atoms with Crippen LogP contribution in [0.1, 0.15) is 18.4 Å². The Labute approximate surface area is 181 Å². The maximum absolute atomic E-state index is 13.2. The standard InChI is InChI=1S/C22H19F3N6O/c23-22(24,25)15-6-3-5-14(11-15)19-27-12-17-20(29-19)31(16-7-4-10-30(17)13-16)21(32)28-18-8-1-2-9-26-18/h1-3,5-6,8-9,11-12,16H,4,7,10,13H2,(H,26,28,32)/t16-/m0/s1. The van der Waals surface area contributed by atoms with E-state index >= 15 is 0 Å². The maximum Gasteiger partial charge on any atom is 0.416 e. The molecule has 7 nitrogen and oxygen atoms in total. The number of benzene rings is 1. The molecule has 2 amide bonds. The number of pyridine rings is 1. The Kier molecular flexibility index (Phi) is 4.91. The quantitative estimate of drug-likeness (QED) is 0.632. The normalized spacial score (nSPS) is 17.7. The van der Waals surface area contributed by atoms with Crippen molar-refractivity contribution in [3.8, 4) is 11.4 Å². The van der Waals surface area contributed by atoms with Gasteiger partial charge in [-0.1, -0.05) is 18.2 Å². The number of urea groups is 1. The monoisotopic (exact) mass is 440 g/mol. The fraction of sp³-hybridized carbons (Fsp3) is 0.273. The van der Waals surface area contributed by atoms with Crippen LogP contribution in [0.5, 0.6) is 0 Å². The van der Waals surface area contributed by atoms with Gasteiger partial charge in [0.25, 0.3) is 0 Å². The molecule has 2 aliphatic rings. The molecule has 0 radical (unpaired) electrons. The van der Waals surface area contributed by atoms with Gasteiger partial charge in [-0.2, -0.15) is 13.2 Å². The van der Waals surface area contributed by atoms with Crippen molar-refractivity contribution in [3.05, 3.63) is 60.4 Å². The van der Waals surface area contributed by atoms with Crippen molar-refractivity contribution in [2.45, 2.75) is 25.1 Å². The lowest BCUT2D eigenvalue weighted by Crippen LogP contribution is -2.56. The summed E-state index contributed by atoms with van der Waals surface area (Å²) >= 11 is 0. The van der Waals surface area contributed by atoms with E-state index in [9.17, 15) is 18.0 Å². The fourth-order valence-electron chi connectivity index (χ4n) is 4.17. The average Bonchev–Trinajstić information content (AvgIpc) is 2.79. The third-order valence-corrected chi connectivity index (χ3v) is 5.65. The Bertz CT molecular complexity index is 1150. The molecule has 5 rings (SSSR count). The Hall–Kier alpha value is -3.69. The summed E-state index contributed by atoms with van der Waals surface area (Å²) in [5, 5.41) is 2.79. The van der Waals surface area contributed by atoms with Crippen molar-refractivity contribution in [2.75, 3.05) is 28.2 Å². The minimum absolute atomic E-state index is 0.107. The van der Waals surface area contributed by atoms with E-state index in [0.717, 1.165) is 31.5 Å². The van der Waals surface area contributed by atoms with Crippen LogP contribution in [0.15, 0.2) is 54.9 Å². The molecule has 1 N–H and O–H groups in total. The van der Waals surface area contributed by atoms with Gasteiger partial charge in [0.1, 0.15) is 5.82 Å². The number of rotatable bonds is 2. The number of nitrogens with zero attached hydrogens (tertiary/aromatic N) is 5. The second kappa shape index (κ2) is 7.77. The third-order valence-electron chi connectivity index (χ3n) is 5.65. The molecular formula is C22H19F3N6O. The Morgan fingerprint density at radius 3 is 2.78 bits per heavy atom. The van der Waals surface area contributed by atoms with Crippen LogP contribution >= 0.6 is 0 Å². The molecule has 10 heteroatoms. The molecule has 0 aliphatic carbocycles. The van der Waals surface area contributed by atoms with E-state index in [4.69, 9.17) is 0 Å². The average molecular weight is 440 g/mol. The number of aromatic nitrogens is 3. The molecule has 2 aliphatic heterocycles. The van der Waals surface area contributed by atoms with Gasteiger partial charge >= 0.3 is 12.2 Å². The van der Waals surface area contributed by atoms with Crippen LogP contribution in [0, 0.1) is 0 Å². The predicted molar refractivity (Wildman–Crippen MR) is 113 cm³/mol. The van der Waals surface area contributed by atoms with Crippen LogP contribution in [0.2, 0.25) is 0 Å². The van der Waals surface area contributed by atoms with Crippen LogP contribution in [-0.4, -0.2) is 40.1 Å². The summed E-state index contributed by atoms with van der Waals surface area (Å²) in [6, 6.07) is 9.58. The minimum atomic E-state index is -4.47. The highest BCUT2D eigenvalue weighted by atomic mass is 19.4. The van der Waals surface area contributed by atoms with E-state index < -0.39 is 11.7 Å². The number of carbonyl (C=O) groups excluding carboxylic acids is 1. The highest BCUT2D eigenvalue weighted by Gasteiger charge is 2.39. The lowest BCUT2D eigenvalue weighted by molar-refractivity contribution is -0.137.